The van der Waals surface area contributed by atoms with E-state index in [9.17, 15) is 4.79 Å². The van der Waals surface area contributed by atoms with Crippen LogP contribution >= 0.6 is 0 Å². The summed E-state index contributed by atoms with van der Waals surface area (Å²) in [7, 11) is 1.58. The molecule has 2 aromatic carbocycles. The molecule has 0 bridgehead atoms. The molecule has 0 spiro atoms. The van der Waals surface area contributed by atoms with Gasteiger partial charge in [0.05, 0.1) is 18.3 Å². The lowest BCUT2D eigenvalue weighted by atomic mass is 10.1. The average molecular weight is 273 g/mol. The van der Waals surface area contributed by atoms with E-state index in [1.807, 2.05) is 42.5 Å². The molecule has 0 saturated heterocycles. The Morgan fingerprint density at radius 3 is 2.75 bits per heavy atom. The van der Waals surface area contributed by atoms with Gasteiger partial charge < -0.3 is 21.1 Å². The lowest BCUT2D eigenvalue weighted by Crippen LogP contribution is -2.45. The summed E-state index contributed by atoms with van der Waals surface area (Å²) in [5.41, 5.74) is 6.34. The summed E-state index contributed by atoms with van der Waals surface area (Å²) in [6, 6.07) is 13.2. The molecular formula is C15H19N3O2. The predicted octanol–water partition coefficient (Wildman–Crippen LogP) is 1.93. The van der Waals surface area contributed by atoms with Crippen LogP contribution in [0.25, 0.3) is 10.8 Å². The number of urea groups is 1. The van der Waals surface area contributed by atoms with E-state index in [0.29, 0.717) is 13.2 Å². The van der Waals surface area contributed by atoms with Crippen LogP contribution in [0.4, 0.5) is 10.5 Å². The Labute approximate surface area is 118 Å². The highest BCUT2D eigenvalue weighted by molar-refractivity contribution is 6.01. The molecule has 0 aliphatic carbocycles. The fourth-order valence-electron chi connectivity index (χ4n) is 2.05. The fraction of sp³-hybridized carbons (Fsp3) is 0.267. The molecule has 2 rings (SSSR count). The SMILES string of the molecule is COCC(CN)NC(=O)Nc1cccc2ccccc12. The van der Waals surface area contributed by atoms with E-state index in [1.165, 1.54) is 0 Å². The van der Waals surface area contributed by atoms with Gasteiger partial charge in [0.15, 0.2) is 0 Å². The lowest BCUT2D eigenvalue weighted by molar-refractivity contribution is 0.169. The molecule has 20 heavy (non-hydrogen) atoms. The predicted molar refractivity (Wildman–Crippen MR) is 80.8 cm³/mol. The number of methoxy groups -OCH3 is 1. The number of nitrogens with two attached hydrogens (primary N) is 1. The van der Waals surface area contributed by atoms with E-state index in [4.69, 9.17) is 10.5 Å². The quantitative estimate of drug-likeness (QED) is 0.779. The van der Waals surface area contributed by atoms with Gasteiger partial charge in [0.2, 0.25) is 0 Å². The number of hydrogen-bond donors (Lipinski definition) is 3. The number of ether oxygens (including phenoxy) is 1. The van der Waals surface area contributed by atoms with E-state index in [-0.39, 0.29) is 12.1 Å². The maximum Gasteiger partial charge on any atom is 0.319 e. The first kappa shape index (κ1) is 14.3. The first-order valence-corrected chi connectivity index (χ1v) is 6.49. The van der Waals surface area contributed by atoms with Crippen molar-refractivity contribution >= 4 is 22.5 Å². The Balaban J connectivity index is 2.10. The summed E-state index contributed by atoms with van der Waals surface area (Å²) in [5.74, 6) is 0. The molecule has 2 aromatic rings. The molecule has 5 nitrogen and oxygen atoms in total. The number of rotatable bonds is 5. The number of carbonyl (C=O) groups is 1. The molecule has 2 amide bonds. The van der Waals surface area contributed by atoms with Crippen molar-refractivity contribution in [3.63, 3.8) is 0 Å². The van der Waals surface area contributed by atoms with Gasteiger partial charge in [0.25, 0.3) is 0 Å². The van der Waals surface area contributed by atoms with Gasteiger partial charge in [-0.15, -0.1) is 0 Å². The van der Waals surface area contributed by atoms with Crippen LogP contribution < -0.4 is 16.4 Å². The fourth-order valence-corrected chi connectivity index (χ4v) is 2.05. The highest BCUT2D eigenvalue weighted by atomic mass is 16.5. The summed E-state index contributed by atoms with van der Waals surface area (Å²) >= 11 is 0. The Bertz CT molecular complexity index is 581. The standard InChI is InChI=1S/C15H19N3O2/c1-20-10-12(9-16)17-15(19)18-14-8-4-6-11-5-2-3-7-13(11)14/h2-8,12H,9-10,16H2,1H3,(H2,17,18,19). The van der Waals surface area contributed by atoms with E-state index in [2.05, 4.69) is 10.6 Å². The molecule has 1 unspecified atom stereocenters. The topological polar surface area (TPSA) is 76.4 Å². The van der Waals surface area contributed by atoms with Crippen LogP contribution in [0.3, 0.4) is 0 Å². The van der Waals surface area contributed by atoms with Crippen LogP contribution in [-0.2, 0) is 4.74 Å². The zero-order valence-corrected chi connectivity index (χ0v) is 11.4. The number of nitrogens with one attached hydrogen (secondary N) is 2. The van der Waals surface area contributed by atoms with E-state index >= 15 is 0 Å². The first-order chi connectivity index (χ1) is 9.74. The smallest absolute Gasteiger partial charge is 0.319 e. The second kappa shape index (κ2) is 6.88. The van der Waals surface area contributed by atoms with Gasteiger partial charge in [0, 0.05) is 19.0 Å². The largest absolute Gasteiger partial charge is 0.383 e. The first-order valence-electron chi connectivity index (χ1n) is 6.49. The van der Waals surface area contributed by atoms with Crippen LogP contribution in [-0.4, -0.2) is 32.3 Å². The third-order valence-electron chi connectivity index (χ3n) is 3.03. The van der Waals surface area contributed by atoms with Crippen molar-refractivity contribution in [2.45, 2.75) is 6.04 Å². The summed E-state index contributed by atoms with van der Waals surface area (Å²) in [6.07, 6.45) is 0. The van der Waals surface area contributed by atoms with Crippen molar-refractivity contribution in [3.05, 3.63) is 42.5 Å². The summed E-state index contributed by atoms with van der Waals surface area (Å²) in [6.45, 7) is 0.719. The average Bonchev–Trinajstić information content (AvgIpc) is 2.47. The Morgan fingerprint density at radius 1 is 1.25 bits per heavy atom. The van der Waals surface area contributed by atoms with Crippen molar-refractivity contribution in [1.29, 1.82) is 0 Å². The zero-order valence-electron chi connectivity index (χ0n) is 11.4. The molecule has 5 heteroatoms. The molecule has 0 heterocycles. The second-order valence-electron chi connectivity index (χ2n) is 4.51. The summed E-state index contributed by atoms with van der Waals surface area (Å²) < 4.78 is 4.99. The molecular weight excluding hydrogens is 254 g/mol. The number of hydrogen-bond acceptors (Lipinski definition) is 3. The van der Waals surface area contributed by atoms with Crippen molar-refractivity contribution in [3.8, 4) is 0 Å². The molecule has 0 aliphatic rings. The number of fused-ring (bicyclic) bond motifs is 1. The van der Waals surface area contributed by atoms with E-state index < -0.39 is 0 Å². The van der Waals surface area contributed by atoms with Crippen LogP contribution in [0, 0.1) is 0 Å². The van der Waals surface area contributed by atoms with Gasteiger partial charge in [-0.25, -0.2) is 4.79 Å². The van der Waals surface area contributed by atoms with Crippen LogP contribution in [0.1, 0.15) is 0 Å². The molecule has 4 N–H and O–H groups in total. The lowest BCUT2D eigenvalue weighted by Gasteiger charge is -2.17. The number of amides is 2. The molecule has 0 aliphatic heterocycles. The minimum Gasteiger partial charge on any atom is -0.383 e. The van der Waals surface area contributed by atoms with Crippen LogP contribution in [0.2, 0.25) is 0 Å². The van der Waals surface area contributed by atoms with Gasteiger partial charge in [-0.1, -0.05) is 36.4 Å². The minimum absolute atomic E-state index is 0.199. The molecule has 1 atom stereocenters. The summed E-state index contributed by atoms with van der Waals surface area (Å²) in [5, 5.41) is 7.71. The number of anilines is 1. The van der Waals surface area contributed by atoms with E-state index in [0.717, 1.165) is 16.5 Å². The molecule has 0 aromatic heterocycles. The van der Waals surface area contributed by atoms with Gasteiger partial charge in [0.1, 0.15) is 0 Å². The number of carbonyl (C=O) groups excluding carboxylic acids is 1. The van der Waals surface area contributed by atoms with Gasteiger partial charge in [-0.2, -0.15) is 0 Å². The molecule has 0 fully saturated rings. The maximum absolute atomic E-state index is 12.0. The minimum atomic E-state index is -0.283. The van der Waals surface area contributed by atoms with Crippen molar-refractivity contribution in [2.75, 3.05) is 25.6 Å². The van der Waals surface area contributed by atoms with Crippen molar-refractivity contribution in [2.24, 2.45) is 5.73 Å². The van der Waals surface area contributed by atoms with Gasteiger partial charge in [-0.05, 0) is 11.5 Å². The Kier molecular flexibility index (Phi) is 4.92. The molecule has 0 radical (unpaired) electrons. The van der Waals surface area contributed by atoms with Crippen LogP contribution in [0.15, 0.2) is 42.5 Å². The van der Waals surface area contributed by atoms with Gasteiger partial charge in [-0.3, -0.25) is 0 Å². The third kappa shape index (κ3) is 3.46. The highest BCUT2D eigenvalue weighted by Gasteiger charge is 2.11. The van der Waals surface area contributed by atoms with E-state index in [1.54, 1.807) is 7.11 Å². The normalized spacial score (nSPS) is 12.1. The van der Waals surface area contributed by atoms with Crippen molar-refractivity contribution in [1.82, 2.24) is 5.32 Å². The second-order valence-corrected chi connectivity index (χ2v) is 4.51. The monoisotopic (exact) mass is 273 g/mol. The number of benzene rings is 2. The molecule has 0 saturated carbocycles. The zero-order chi connectivity index (χ0) is 14.4. The Hall–Kier alpha value is -2.11. The molecule has 106 valence electrons. The summed E-state index contributed by atoms with van der Waals surface area (Å²) in [4.78, 5) is 12.0. The van der Waals surface area contributed by atoms with Crippen molar-refractivity contribution < 1.29 is 9.53 Å². The highest BCUT2D eigenvalue weighted by Crippen LogP contribution is 2.22. The van der Waals surface area contributed by atoms with Crippen LogP contribution in [0.5, 0.6) is 0 Å². The third-order valence-corrected chi connectivity index (χ3v) is 3.03. The maximum atomic E-state index is 12.0. The Morgan fingerprint density at radius 2 is 2.00 bits per heavy atom. The van der Waals surface area contributed by atoms with Gasteiger partial charge >= 0.3 is 6.03 Å².